The first kappa shape index (κ1) is 15.3. The van der Waals surface area contributed by atoms with Gasteiger partial charge in [0, 0.05) is 19.1 Å². The molecule has 2 saturated heterocycles. The average molecular weight is 288 g/mol. The molecule has 0 bridgehead atoms. The zero-order valence-electron chi connectivity index (χ0n) is 12.3. The smallest absolute Gasteiger partial charge is 0.154 e. The topological polar surface area (TPSA) is 49.4 Å². The van der Waals surface area contributed by atoms with Gasteiger partial charge >= 0.3 is 0 Å². The number of hydrogen-bond acceptors (Lipinski definition) is 4. The fourth-order valence-electron chi connectivity index (χ4n) is 3.27. The summed E-state index contributed by atoms with van der Waals surface area (Å²) < 4.78 is 23.9. The van der Waals surface area contributed by atoms with Gasteiger partial charge in [-0.05, 0) is 44.7 Å². The summed E-state index contributed by atoms with van der Waals surface area (Å²) in [4.78, 5) is 2.39. The Morgan fingerprint density at radius 1 is 1.32 bits per heavy atom. The van der Waals surface area contributed by atoms with Crippen LogP contribution in [-0.4, -0.2) is 56.5 Å². The Morgan fingerprint density at radius 3 is 2.74 bits per heavy atom. The van der Waals surface area contributed by atoms with Crippen LogP contribution in [0.2, 0.25) is 0 Å². The van der Waals surface area contributed by atoms with E-state index in [2.05, 4.69) is 24.1 Å². The van der Waals surface area contributed by atoms with Crippen molar-refractivity contribution in [3.8, 4) is 0 Å². The van der Waals surface area contributed by atoms with E-state index in [1.165, 1.54) is 0 Å². The van der Waals surface area contributed by atoms with Gasteiger partial charge in [0.25, 0.3) is 0 Å². The normalized spacial score (nSPS) is 36.8. The summed E-state index contributed by atoms with van der Waals surface area (Å²) in [6.07, 6.45) is 4.01. The molecule has 2 aliphatic rings. The molecule has 2 aliphatic heterocycles. The standard InChI is InChI=1S/C14H28N2O2S/c1-3-13-6-7-16(10-12(2)9-15-13)11-14-5-4-8-19(14,17)18/h12-15H,3-11H2,1-2H3. The monoisotopic (exact) mass is 288 g/mol. The van der Waals surface area contributed by atoms with E-state index in [1.807, 2.05) is 0 Å². The Hall–Kier alpha value is -0.130. The summed E-state index contributed by atoms with van der Waals surface area (Å²) in [5, 5.41) is 3.50. The lowest BCUT2D eigenvalue weighted by Gasteiger charge is -2.33. The van der Waals surface area contributed by atoms with Crippen LogP contribution >= 0.6 is 0 Å². The van der Waals surface area contributed by atoms with E-state index in [0.717, 1.165) is 51.9 Å². The van der Waals surface area contributed by atoms with Gasteiger partial charge in [0.2, 0.25) is 0 Å². The maximum atomic E-state index is 12.0. The number of nitrogens with one attached hydrogen (secondary N) is 1. The van der Waals surface area contributed by atoms with Crippen LogP contribution in [0.1, 0.15) is 39.5 Å². The fourth-order valence-corrected chi connectivity index (χ4v) is 5.14. The molecule has 1 N–H and O–H groups in total. The highest BCUT2D eigenvalue weighted by molar-refractivity contribution is 7.92. The second kappa shape index (κ2) is 6.55. The van der Waals surface area contributed by atoms with Gasteiger partial charge in [-0.15, -0.1) is 0 Å². The van der Waals surface area contributed by atoms with Crippen molar-refractivity contribution in [3.63, 3.8) is 0 Å². The summed E-state index contributed by atoms with van der Waals surface area (Å²) >= 11 is 0. The summed E-state index contributed by atoms with van der Waals surface area (Å²) in [6, 6.07) is 0.588. The van der Waals surface area contributed by atoms with Crippen molar-refractivity contribution in [3.05, 3.63) is 0 Å². The van der Waals surface area contributed by atoms with Gasteiger partial charge in [0.15, 0.2) is 9.84 Å². The highest BCUT2D eigenvalue weighted by Crippen LogP contribution is 2.22. The summed E-state index contributed by atoms with van der Waals surface area (Å²) in [7, 11) is -2.80. The van der Waals surface area contributed by atoms with Crippen molar-refractivity contribution < 1.29 is 8.42 Å². The second-order valence-electron chi connectivity index (χ2n) is 6.30. The molecule has 5 heteroatoms. The molecule has 2 heterocycles. The lowest BCUT2D eigenvalue weighted by molar-refractivity contribution is 0.196. The third-order valence-corrected chi connectivity index (χ3v) is 6.79. The summed E-state index contributed by atoms with van der Waals surface area (Å²) in [6.45, 7) is 8.32. The van der Waals surface area contributed by atoms with Crippen LogP contribution in [-0.2, 0) is 9.84 Å². The van der Waals surface area contributed by atoms with E-state index < -0.39 is 9.84 Å². The third kappa shape index (κ3) is 4.17. The molecule has 0 aromatic carbocycles. The van der Waals surface area contributed by atoms with Gasteiger partial charge in [0.05, 0.1) is 11.0 Å². The molecule has 3 unspecified atom stereocenters. The Labute approximate surface area is 117 Å². The highest BCUT2D eigenvalue weighted by Gasteiger charge is 2.33. The lowest BCUT2D eigenvalue weighted by atomic mass is 10.0. The fraction of sp³-hybridized carbons (Fsp3) is 1.00. The van der Waals surface area contributed by atoms with Gasteiger partial charge in [-0.2, -0.15) is 0 Å². The number of nitrogens with zero attached hydrogens (tertiary/aromatic N) is 1. The van der Waals surface area contributed by atoms with Crippen molar-refractivity contribution >= 4 is 9.84 Å². The first-order valence-corrected chi connectivity index (χ1v) is 9.40. The predicted molar refractivity (Wildman–Crippen MR) is 79.1 cm³/mol. The van der Waals surface area contributed by atoms with Gasteiger partial charge in [-0.3, -0.25) is 0 Å². The third-order valence-electron chi connectivity index (χ3n) is 4.54. The van der Waals surface area contributed by atoms with Crippen molar-refractivity contribution in [1.29, 1.82) is 0 Å². The van der Waals surface area contributed by atoms with E-state index in [0.29, 0.717) is 17.7 Å². The quantitative estimate of drug-likeness (QED) is 0.850. The molecule has 19 heavy (non-hydrogen) atoms. The number of hydrogen-bond donors (Lipinski definition) is 1. The van der Waals surface area contributed by atoms with E-state index in [4.69, 9.17) is 0 Å². The Bertz CT molecular complexity index is 383. The second-order valence-corrected chi connectivity index (χ2v) is 8.70. The van der Waals surface area contributed by atoms with Crippen LogP contribution in [0.25, 0.3) is 0 Å². The van der Waals surface area contributed by atoms with E-state index in [-0.39, 0.29) is 5.25 Å². The van der Waals surface area contributed by atoms with Crippen LogP contribution in [0, 0.1) is 5.92 Å². The largest absolute Gasteiger partial charge is 0.314 e. The zero-order valence-corrected chi connectivity index (χ0v) is 13.1. The molecule has 2 rings (SSSR count). The molecule has 3 atom stereocenters. The number of sulfone groups is 1. The molecular weight excluding hydrogens is 260 g/mol. The first-order valence-electron chi connectivity index (χ1n) is 7.68. The minimum absolute atomic E-state index is 0.104. The zero-order chi connectivity index (χ0) is 13.9. The molecule has 0 saturated carbocycles. The maximum Gasteiger partial charge on any atom is 0.154 e. The van der Waals surface area contributed by atoms with Crippen LogP contribution in [0.15, 0.2) is 0 Å². The summed E-state index contributed by atoms with van der Waals surface area (Å²) in [5.41, 5.74) is 0. The van der Waals surface area contributed by atoms with Gasteiger partial charge in [0.1, 0.15) is 0 Å². The minimum atomic E-state index is -2.80. The molecular formula is C14H28N2O2S. The highest BCUT2D eigenvalue weighted by atomic mass is 32.2. The molecule has 0 amide bonds. The molecule has 4 nitrogen and oxygen atoms in total. The predicted octanol–water partition coefficient (Wildman–Crippen LogP) is 1.27. The lowest BCUT2D eigenvalue weighted by Crippen LogP contribution is -2.46. The van der Waals surface area contributed by atoms with Crippen LogP contribution in [0.4, 0.5) is 0 Å². The van der Waals surface area contributed by atoms with Crippen LogP contribution in [0.3, 0.4) is 0 Å². The van der Waals surface area contributed by atoms with E-state index >= 15 is 0 Å². The number of rotatable bonds is 3. The summed E-state index contributed by atoms with van der Waals surface area (Å²) in [5.74, 6) is 0.999. The van der Waals surface area contributed by atoms with Crippen molar-refractivity contribution in [2.24, 2.45) is 5.92 Å². The molecule has 0 aliphatic carbocycles. The van der Waals surface area contributed by atoms with Crippen molar-refractivity contribution in [2.45, 2.75) is 50.8 Å². The van der Waals surface area contributed by atoms with Crippen LogP contribution < -0.4 is 5.32 Å². The Kier molecular flexibility index (Phi) is 5.26. The van der Waals surface area contributed by atoms with Crippen molar-refractivity contribution in [1.82, 2.24) is 10.2 Å². The molecule has 0 spiro atoms. The minimum Gasteiger partial charge on any atom is -0.314 e. The average Bonchev–Trinajstić information content (AvgIpc) is 2.66. The Morgan fingerprint density at radius 2 is 2.11 bits per heavy atom. The SMILES string of the molecule is CCC1CCN(CC2CCCS2(=O)=O)CC(C)CN1. The molecule has 2 fully saturated rings. The van der Waals surface area contributed by atoms with Crippen LogP contribution in [0.5, 0.6) is 0 Å². The van der Waals surface area contributed by atoms with Crippen molar-refractivity contribution in [2.75, 3.05) is 31.9 Å². The molecule has 0 aromatic heterocycles. The molecule has 0 aromatic rings. The molecule has 112 valence electrons. The van der Waals surface area contributed by atoms with E-state index in [1.54, 1.807) is 0 Å². The van der Waals surface area contributed by atoms with E-state index in [9.17, 15) is 8.42 Å². The first-order chi connectivity index (χ1) is 9.01. The van der Waals surface area contributed by atoms with Gasteiger partial charge in [-0.1, -0.05) is 13.8 Å². The van der Waals surface area contributed by atoms with Gasteiger partial charge in [-0.25, -0.2) is 8.42 Å². The molecule has 0 radical (unpaired) electrons. The van der Waals surface area contributed by atoms with Gasteiger partial charge < -0.3 is 10.2 Å². The Balaban J connectivity index is 1.94. The maximum absolute atomic E-state index is 12.0.